The van der Waals surface area contributed by atoms with Crippen LogP contribution in [0.15, 0.2) is 36.4 Å². The average molecular weight is 190 g/mol. The first kappa shape index (κ1) is 10.5. The van der Waals surface area contributed by atoms with Crippen LogP contribution in [0, 0.1) is 0 Å². The molecule has 0 aromatic heterocycles. The molecule has 2 heteroatoms. The highest BCUT2D eigenvalue weighted by atomic mass is 16.5. The Morgan fingerprint density at radius 1 is 1.36 bits per heavy atom. The van der Waals surface area contributed by atoms with E-state index in [1.165, 1.54) is 0 Å². The molecule has 0 radical (unpaired) electrons. The number of benzene rings is 1. The van der Waals surface area contributed by atoms with Crippen LogP contribution in [-0.4, -0.2) is 12.9 Å². The van der Waals surface area contributed by atoms with Gasteiger partial charge in [-0.25, -0.2) is 0 Å². The van der Waals surface area contributed by atoms with Gasteiger partial charge in [0.1, 0.15) is 5.75 Å². The van der Waals surface area contributed by atoms with Gasteiger partial charge in [-0.2, -0.15) is 0 Å². The van der Waals surface area contributed by atoms with E-state index in [-0.39, 0.29) is 5.78 Å². The maximum absolute atomic E-state index is 11.5. The number of Topliss-reactive ketones (excluding diaryl/α,β-unsaturated/α-hetero) is 1. The van der Waals surface area contributed by atoms with E-state index in [2.05, 4.69) is 0 Å². The summed E-state index contributed by atoms with van der Waals surface area (Å²) >= 11 is 0. The van der Waals surface area contributed by atoms with Gasteiger partial charge in [-0.15, -0.1) is 0 Å². The van der Waals surface area contributed by atoms with Crippen LogP contribution in [0.2, 0.25) is 0 Å². The first-order valence-corrected chi connectivity index (χ1v) is 4.56. The van der Waals surface area contributed by atoms with E-state index in [0.29, 0.717) is 6.42 Å². The predicted molar refractivity (Wildman–Crippen MR) is 56.8 cm³/mol. The smallest absolute Gasteiger partial charge is 0.166 e. The van der Waals surface area contributed by atoms with Crippen LogP contribution >= 0.6 is 0 Å². The van der Waals surface area contributed by atoms with E-state index in [9.17, 15) is 4.79 Å². The minimum Gasteiger partial charge on any atom is -0.497 e. The van der Waals surface area contributed by atoms with Crippen molar-refractivity contribution < 1.29 is 9.53 Å². The molecule has 0 atom stereocenters. The Labute approximate surface area is 84.2 Å². The van der Waals surface area contributed by atoms with Gasteiger partial charge in [0.05, 0.1) is 7.11 Å². The van der Waals surface area contributed by atoms with E-state index < -0.39 is 0 Å². The maximum Gasteiger partial charge on any atom is 0.166 e. The number of carbonyl (C=O) groups is 1. The van der Waals surface area contributed by atoms with Gasteiger partial charge in [0.15, 0.2) is 5.78 Å². The molecular formula is C12H14O2. The van der Waals surface area contributed by atoms with Crippen LogP contribution in [0.4, 0.5) is 0 Å². The SMILES string of the molecule is C/C=C/CC(=O)c1ccc(OC)cc1. The fourth-order valence-electron chi connectivity index (χ4n) is 1.12. The molecule has 74 valence electrons. The molecule has 1 aromatic carbocycles. The van der Waals surface area contributed by atoms with E-state index in [4.69, 9.17) is 4.74 Å². The predicted octanol–water partition coefficient (Wildman–Crippen LogP) is 2.84. The van der Waals surface area contributed by atoms with Crippen LogP contribution in [0.1, 0.15) is 23.7 Å². The Morgan fingerprint density at radius 3 is 2.50 bits per heavy atom. The molecule has 0 saturated carbocycles. The van der Waals surface area contributed by atoms with E-state index in [1.807, 2.05) is 19.1 Å². The third-order valence-corrected chi connectivity index (χ3v) is 1.95. The monoisotopic (exact) mass is 190 g/mol. The van der Waals surface area contributed by atoms with Gasteiger partial charge in [0, 0.05) is 12.0 Å². The standard InChI is InChI=1S/C12H14O2/c1-3-4-5-12(13)10-6-8-11(14-2)9-7-10/h3-4,6-9H,5H2,1-2H3/b4-3+. The highest BCUT2D eigenvalue weighted by molar-refractivity contribution is 5.97. The van der Waals surface area contributed by atoms with Gasteiger partial charge in [-0.1, -0.05) is 12.2 Å². The number of hydrogen-bond donors (Lipinski definition) is 0. The average Bonchev–Trinajstić information content (AvgIpc) is 2.26. The van der Waals surface area contributed by atoms with Crippen molar-refractivity contribution in [3.8, 4) is 5.75 Å². The minimum atomic E-state index is 0.130. The molecule has 0 fully saturated rings. The number of carbonyl (C=O) groups excluding carboxylic acids is 1. The zero-order valence-electron chi connectivity index (χ0n) is 8.49. The third-order valence-electron chi connectivity index (χ3n) is 1.95. The number of allylic oxidation sites excluding steroid dienone is 2. The summed E-state index contributed by atoms with van der Waals surface area (Å²) in [6.07, 6.45) is 4.19. The molecule has 0 bridgehead atoms. The molecule has 0 N–H and O–H groups in total. The van der Waals surface area contributed by atoms with Crippen molar-refractivity contribution in [2.75, 3.05) is 7.11 Å². The van der Waals surface area contributed by atoms with E-state index in [0.717, 1.165) is 11.3 Å². The Morgan fingerprint density at radius 2 is 2.00 bits per heavy atom. The lowest BCUT2D eigenvalue weighted by Gasteiger charge is -2.00. The van der Waals surface area contributed by atoms with E-state index >= 15 is 0 Å². The van der Waals surface area contributed by atoms with Gasteiger partial charge in [0.25, 0.3) is 0 Å². The Bertz CT molecular complexity index is 323. The molecule has 0 amide bonds. The zero-order chi connectivity index (χ0) is 10.4. The van der Waals surface area contributed by atoms with Gasteiger partial charge in [-0.05, 0) is 31.2 Å². The summed E-state index contributed by atoms with van der Waals surface area (Å²) in [5.74, 6) is 0.901. The van der Waals surface area contributed by atoms with Crippen LogP contribution in [0.5, 0.6) is 5.75 Å². The number of ketones is 1. The molecule has 1 rings (SSSR count). The van der Waals surface area contributed by atoms with Crippen molar-refractivity contribution in [1.82, 2.24) is 0 Å². The lowest BCUT2D eigenvalue weighted by molar-refractivity contribution is 0.0996. The van der Waals surface area contributed by atoms with Crippen molar-refractivity contribution in [1.29, 1.82) is 0 Å². The molecule has 14 heavy (non-hydrogen) atoms. The van der Waals surface area contributed by atoms with Crippen molar-refractivity contribution in [2.24, 2.45) is 0 Å². The second-order valence-electron chi connectivity index (χ2n) is 2.92. The topological polar surface area (TPSA) is 26.3 Å². The largest absolute Gasteiger partial charge is 0.497 e. The summed E-state index contributed by atoms with van der Waals surface area (Å²) in [7, 11) is 1.61. The number of ether oxygens (including phenoxy) is 1. The first-order chi connectivity index (χ1) is 6.77. The second kappa shape index (κ2) is 5.22. The number of methoxy groups -OCH3 is 1. The summed E-state index contributed by atoms with van der Waals surface area (Å²) in [5.41, 5.74) is 0.726. The molecular weight excluding hydrogens is 176 g/mol. The molecule has 1 aromatic rings. The first-order valence-electron chi connectivity index (χ1n) is 4.56. The van der Waals surface area contributed by atoms with Crippen LogP contribution in [0.3, 0.4) is 0 Å². The van der Waals surface area contributed by atoms with Gasteiger partial charge in [-0.3, -0.25) is 4.79 Å². The van der Waals surface area contributed by atoms with Crippen LogP contribution in [0.25, 0.3) is 0 Å². The second-order valence-corrected chi connectivity index (χ2v) is 2.92. The lowest BCUT2D eigenvalue weighted by atomic mass is 10.1. The molecule has 0 unspecified atom stereocenters. The summed E-state index contributed by atoms with van der Waals surface area (Å²) in [5, 5.41) is 0. The Balaban J connectivity index is 2.71. The van der Waals surface area contributed by atoms with Gasteiger partial charge in [0.2, 0.25) is 0 Å². The molecule has 0 heterocycles. The number of hydrogen-bond acceptors (Lipinski definition) is 2. The normalized spacial score (nSPS) is 10.4. The summed E-state index contributed by atoms with van der Waals surface area (Å²) in [4.78, 5) is 11.5. The fourth-order valence-corrected chi connectivity index (χ4v) is 1.12. The molecule has 0 saturated heterocycles. The molecule has 2 nitrogen and oxygen atoms in total. The minimum absolute atomic E-state index is 0.130. The summed E-state index contributed by atoms with van der Waals surface area (Å²) in [6, 6.07) is 7.15. The zero-order valence-corrected chi connectivity index (χ0v) is 8.49. The van der Waals surface area contributed by atoms with Crippen molar-refractivity contribution in [3.63, 3.8) is 0 Å². The molecule has 0 aliphatic carbocycles. The third kappa shape index (κ3) is 2.73. The van der Waals surface area contributed by atoms with Crippen molar-refractivity contribution in [3.05, 3.63) is 42.0 Å². The lowest BCUT2D eigenvalue weighted by Crippen LogP contribution is -1.96. The molecule has 0 spiro atoms. The quantitative estimate of drug-likeness (QED) is 0.539. The van der Waals surface area contributed by atoms with Crippen molar-refractivity contribution in [2.45, 2.75) is 13.3 Å². The van der Waals surface area contributed by atoms with Crippen LogP contribution < -0.4 is 4.74 Å². The summed E-state index contributed by atoms with van der Waals surface area (Å²) < 4.78 is 5.00. The van der Waals surface area contributed by atoms with Crippen LogP contribution in [-0.2, 0) is 0 Å². The van der Waals surface area contributed by atoms with Gasteiger partial charge < -0.3 is 4.74 Å². The van der Waals surface area contributed by atoms with E-state index in [1.54, 1.807) is 31.4 Å². The maximum atomic E-state index is 11.5. The van der Waals surface area contributed by atoms with Gasteiger partial charge >= 0.3 is 0 Å². The van der Waals surface area contributed by atoms with Crippen molar-refractivity contribution >= 4 is 5.78 Å². The fraction of sp³-hybridized carbons (Fsp3) is 0.250. The molecule has 0 aliphatic rings. The summed E-state index contributed by atoms with van der Waals surface area (Å²) in [6.45, 7) is 1.90. The Kier molecular flexibility index (Phi) is 3.92. The molecule has 0 aliphatic heterocycles. The highest BCUT2D eigenvalue weighted by Crippen LogP contribution is 2.12. The Hall–Kier alpha value is -1.57. The number of rotatable bonds is 4. The highest BCUT2D eigenvalue weighted by Gasteiger charge is 2.02.